The Bertz CT molecular complexity index is 1690. The molecule has 0 saturated carbocycles. The number of carbonyl (C=O) groups is 4. The molecule has 1 aliphatic heterocycles. The summed E-state index contributed by atoms with van der Waals surface area (Å²) >= 11 is 0. The van der Waals surface area contributed by atoms with Gasteiger partial charge < -0.3 is 39.0 Å². The van der Waals surface area contributed by atoms with Gasteiger partial charge >= 0.3 is 23.9 Å². The fourth-order valence-corrected chi connectivity index (χ4v) is 7.56. The number of carboxylic acids is 1. The molecule has 0 aliphatic carbocycles. The van der Waals surface area contributed by atoms with E-state index >= 15 is 0 Å². The van der Waals surface area contributed by atoms with Crippen molar-refractivity contribution in [3.63, 3.8) is 0 Å². The van der Waals surface area contributed by atoms with Crippen LogP contribution in [0.1, 0.15) is 201 Å². The lowest BCUT2D eigenvalue weighted by atomic mass is 9.98. The molecule has 0 aromatic rings. The van der Waals surface area contributed by atoms with E-state index in [0.717, 1.165) is 128 Å². The van der Waals surface area contributed by atoms with E-state index < -0.39 is 67.3 Å². The second-order valence-corrected chi connectivity index (χ2v) is 18.4. The Kier molecular flexibility index (Phi) is 44.0. The van der Waals surface area contributed by atoms with Crippen molar-refractivity contribution in [3.05, 3.63) is 109 Å². The van der Waals surface area contributed by atoms with Crippen LogP contribution in [-0.2, 0) is 42.9 Å². The quantitative estimate of drug-likeness (QED) is 0.0228. The monoisotopic (exact) mass is 1020 g/mol. The lowest BCUT2D eigenvalue weighted by molar-refractivity contribution is -0.301. The zero-order valence-electron chi connectivity index (χ0n) is 45.1. The first-order valence-corrected chi connectivity index (χ1v) is 27.9. The molecule has 0 bridgehead atoms. The van der Waals surface area contributed by atoms with Crippen molar-refractivity contribution in [2.45, 2.75) is 237 Å². The van der Waals surface area contributed by atoms with Gasteiger partial charge in [-0.15, -0.1) is 0 Å². The molecule has 3 N–H and O–H groups in total. The molecule has 12 heteroatoms. The summed E-state index contributed by atoms with van der Waals surface area (Å²) < 4.78 is 28.3. The van der Waals surface area contributed by atoms with Gasteiger partial charge in [0, 0.05) is 19.3 Å². The van der Waals surface area contributed by atoms with Crippen LogP contribution in [0.15, 0.2) is 109 Å². The molecule has 6 unspecified atom stereocenters. The summed E-state index contributed by atoms with van der Waals surface area (Å²) in [6.45, 7) is 5.64. The number of carbonyl (C=O) groups excluding carboxylic acids is 3. The number of hydrogen-bond acceptors (Lipinski definition) is 11. The second kappa shape index (κ2) is 48.3. The molecule has 1 saturated heterocycles. The predicted molar refractivity (Wildman–Crippen MR) is 294 cm³/mol. The maximum Gasteiger partial charge on any atom is 0.335 e. The van der Waals surface area contributed by atoms with Crippen LogP contribution < -0.4 is 0 Å². The van der Waals surface area contributed by atoms with Crippen LogP contribution in [0.2, 0.25) is 0 Å². The molecule has 412 valence electrons. The number of aliphatic hydroxyl groups excluding tert-OH is 2. The standard InChI is InChI=1S/C61H96O12/c1-4-7-10-13-16-19-22-24-25-26-27-28-29-31-33-35-38-41-44-47-53(62)69-50-52(71-54(63)48-45-42-39-36-32-21-18-15-12-9-6-3)51-70-61-59(57(66)56(65)58(73-61)60(67)68)72-55(64)49-46-43-40-37-34-30-23-20-17-14-11-8-5-2/h7-8,10-11,15-20,24-25,27-28,30-31,33-34,52,56-59,61,65-66H,4-6,9,12-14,21-23,26,29,32,35-51H2,1-3H3,(H,67,68)/b10-7-,11-8-,18-15-,19-16-,20-17-,25-24-,28-27-,33-31-,34-30-. The van der Waals surface area contributed by atoms with Crippen LogP contribution in [0, 0.1) is 0 Å². The maximum atomic E-state index is 13.1. The molecule has 0 radical (unpaired) electrons. The third kappa shape index (κ3) is 38.6. The van der Waals surface area contributed by atoms with E-state index in [2.05, 4.69) is 130 Å². The van der Waals surface area contributed by atoms with Crippen molar-refractivity contribution in [1.29, 1.82) is 0 Å². The normalized spacial score (nSPS) is 19.2. The van der Waals surface area contributed by atoms with Gasteiger partial charge in [0.15, 0.2) is 24.6 Å². The molecular formula is C61H96O12. The van der Waals surface area contributed by atoms with Gasteiger partial charge in [-0.2, -0.15) is 0 Å². The Morgan fingerprint density at radius 1 is 0.466 bits per heavy atom. The molecule has 73 heavy (non-hydrogen) atoms. The minimum Gasteiger partial charge on any atom is -0.479 e. The van der Waals surface area contributed by atoms with Crippen molar-refractivity contribution in [2.75, 3.05) is 13.2 Å². The first-order chi connectivity index (χ1) is 35.6. The van der Waals surface area contributed by atoms with Gasteiger partial charge in [-0.1, -0.05) is 175 Å². The number of aliphatic hydroxyl groups is 2. The largest absolute Gasteiger partial charge is 0.479 e. The number of hydrogen-bond donors (Lipinski definition) is 3. The number of unbranched alkanes of at least 4 members (excludes halogenated alkanes) is 13. The van der Waals surface area contributed by atoms with Crippen molar-refractivity contribution >= 4 is 23.9 Å². The average Bonchev–Trinajstić information content (AvgIpc) is 3.37. The Balaban J connectivity index is 2.74. The summed E-state index contributed by atoms with van der Waals surface area (Å²) in [5.41, 5.74) is 0. The van der Waals surface area contributed by atoms with E-state index in [1.807, 2.05) is 0 Å². The summed E-state index contributed by atoms with van der Waals surface area (Å²) in [5, 5.41) is 31.4. The van der Waals surface area contributed by atoms with Crippen LogP contribution in [0.3, 0.4) is 0 Å². The highest BCUT2D eigenvalue weighted by Gasteiger charge is 2.50. The van der Waals surface area contributed by atoms with E-state index in [4.69, 9.17) is 23.7 Å². The molecule has 1 fully saturated rings. The SMILES string of the molecule is CC/C=C\C/C=C\C/C=C\C/C=C\C/C=C\CCCCCC(=O)OCC(COC1OC(C(=O)O)C(O)C(O)C1OC(=O)CCCCC/C=C\C/C=C\C/C=C\CC)OC(=O)CCCCCCC/C=C\CCCC. The molecular weight excluding hydrogens is 925 g/mol. The summed E-state index contributed by atoms with van der Waals surface area (Å²) in [5.74, 6) is -3.23. The van der Waals surface area contributed by atoms with Gasteiger partial charge in [0.1, 0.15) is 18.8 Å². The van der Waals surface area contributed by atoms with Crippen LogP contribution in [-0.4, -0.2) is 89.2 Å². The van der Waals surface area contributed by atoms with E-state index in [1.54, 1.807) is 0 Å². The van der Waals surface area contributed by atoms with Gasteiger partial charge in [0.05, 0.1) is 6.61 Å². The number of esters is 3. The Morgan fingerprint density at radius 2 is 0.863 bits per heavy atom. The van der Waals surface area contributed by atoms with Crippen LogP contribution in [0.25, 0.3) is 0 Å². The van der Waals surface area contributed by atoms with E-state index in [9.17, 15) is 34.5 Å². The Labute approximate surface area is 440 Å². The zero-order valence-corrected chi connectivity index (χ0v) is 45.1. The van der Waals surface area contributed by atoms with Crippen molar-refractivity contribution in [2.24, 2.45) is 0 Å². The van der Waals surface area contributed by atoms with Gasteiger partial charge in [-0.05, 0) is 116 Å². The topological polar surface area (TPSA) is 175 Å². The number of carboxylic acid groups (broad SMARTS) is 1. The third-order valence-corrected chi connectivity index (χ3v) is 11.8. The number of ether oxygens (including phenoxy) is 5. The fraction of sp³-hybridized carbons (Fsp3) is 0.639. The molecule has 0 amide bonds. The van der Waals surface area contributed by atoms with Gasteiger partial charge in [0.2, 0.25) is 0 Å². The van der Waals surface area contributed by atoms with Gasteiger partial charge in [-0.3, -0.25) is 14.4 Å². The first-order valence-electron chi connectivity index (χ1n) is 27.9. The number of aliphatic carboxylic acids is 1. The highest BCUT2D eigenvalue weighted by molar-refractivity contribution is 5.74. The molecule has 0 spiro atoms. The van der Waals surface area contributed by atoms with Crippen LogP contribution in [0.5, 0.6) is 0 Å². The average molecular weight is 1020 g/mol. The van der Waals surface area contributed by atoms with Crippen molar-refractivity contribution < 1.29 is 58.2 Å². The fourth-order valence-electron chi connectivity index (χ4n) is 7.56. The zero-order chi connectivity index (χ0) is 53.3. The smallest absolute Gasteiger partial charge is 0.335 e. The van der Waals surface area contributed by atoms with E-state index in [-0.39, 0.29) is 25.9 Å². The third-order valence-electron chi connectivity index (χ3n) is 11.8. The summed E-state index contributed by atoms with van der Waals surface area (Å²) in [4.78, 5) is 50.9. The van der Waals surface area contributed by atoms with E-state index in [1.165, 1.54) is 12.8 Å². The summed E-state index contributed by atoms with van der Waals surface area (Å²) in [6.07, 6.45) is 52.2. The van der Waals surface area contributed by atoms with E-state index in [0.29, 0.717) is 19.3 Å². The maximum absolute atomic E-state index is 13.1. The number of rotatable bonds is 45. The summed E-state index contributed by atoms with van der Waals surface area (Å²) in [7, 11) is 0. The minimum absolute atomic E-state index is 0.0157. The predicted octanol–water partition coefficient (Wildman–Crippen LogP) is 13.9. The lowest BCUT2D eigenvalue weighted by Gasteiger charge is -2.40. The van der Waals surface area contributed by atoms with Crippen LogP contribution in [0.4, 0.5) is 0 Å². The highest BCUT2D eigenvalue weighted by Crippen LogP contribution is 2.26. The molecule has 6 atom stereocenters. The molecule has 0 aromatic carbocycles. The molecule has 12 nitrogen and oxygen atoms in total. The molecule has 1 rings (SSSR count). The van der Waals surface area contributed by atoms with Gasteiger partial charge in [-0.25, -0.2) is 4.79 Å². The van der Waals surface area contributed by atoms with Crippen LogP contribution >= 0.6 is 0 Å². The second-order valence-electron chi connectivity index (χ2n) is 18.4. The summed E-state index contributed by atoms with van der Waals surface area (Å²) in [6, 6.07) is 0. The molecule has 1 aliphatic rings. The lowest BCUT2D eigenvalue weighted by Crippen LogP contribution is -2.61. The van der Waals surface area contributed by atoms with Crippen molar-refractivity contribution in [3.8, 4) is 0 Å². The van der Waals surface area contributed by atoms with Crippen molar-refractivity contribution in [1.82, 2.24) is 0 Å². The molecule has 0 aromatic heterocycles. The Hall–Kier alpha value is -4.62. The minimum atomic E-state index is -1.92. The first kappa shape index (κ1) is 66.4. The number of allylic oxidation sites excluding steroid dienone is 18. The Morgan fingerprint density at radius 3 is 1.34 bits per heavy atom. The highest BCUT2D eigenvalue weighted by atomic mass is 16.7. The molecule has 1 heterocycles. The van der Waals surface area contributed by atoms with Gasteiger partial charge in [0.25, 0.3) is 0 Å².